The molecule has 1 aromatic heterocycles. The van der Waals surface area contributed by atoms with Crippen molar-refractivity contribution in [3.8, 4) is 5.75 Å². The van der Waals surface area contributed by atoms with E-state index in [1.54, 1.807) is 18.4 Å². The first-order valence-electron chi connectivity index (χ1n) is 9.89. The predicted molar refractivity (Wildman–Crippen MR) is 117 cm³/mol. The van der Waals surface area contributed by atoms with Crippen LogP contribution in [-0.2, 0) is 11.3 Å². The molecule has 0 saturated heterocycles. The molecule has 2 bridgehead atoms. The summed E-state index contributed by atoms with van der Waals surface area (Å²) < 4.78 is 5.28. The SMILES string of the molecule is COc1ccc(N(Cc2cccs2)C(=O)C2CC3CCCC(C2)C3N)cc1.Cl. The molecule has 2 saturated carbocycles. The molecule has 1 amide bonds. The third-order valence-electron chi connectivity index (χ3n) is 6.31. The highest BCUT2D eigenvalue weighted by molar-refractivity contribution is 7.09. The van der Waals surface area contributed by atoms with E-state index in [1.807, 2.05) is 35.2 Å². The van der Waals surface area contributed by atoms with Crippen LogP contribution in [0.2, 0.25) is 0 Å². The second kappa shape index (κ2) is 9.29. The van der Waals surface area contributed by atoms with Gasteiger partial charge in [0.15, 0.2) is 0 Å². The highest BCUT2D eigenvalue weighted by Crippen LogP contribution is 2.43. The molecule has 2 atom stereocenters. The fourth-order valence-corrected chi connectivity index (χ4v) is 5.52. The average Bonchev–Trinajstić information content (AvgIpc) is 3.19. The monoisotopic (exact) mass is 420 g/mol. The summed E-state index contributed by atoms with van der Waals surface area (Å²) in [5, 5.41) is 2.07. The minimum atomic E-state index is 0. The number of anilines is 1. The summed E-state index contributed by atoms with van der Waals surface area (Å²) in [4.78, 5) is 16.7. The zero-order chi connectivity index (χ0) is 18.8. The van der Waals surface area contributed by atoms with Gasteiger partial charge in [-0.05, 0) is 73.2 Å². The molecule has 2 N–H and O–H groups in total. The van der Waals surface area contributed by atoms with Crippen molar-refractivity contribution in [2.24, 2.45) is 23.5 Å². The molecule has 2 aliphatic rings. The largest absolute Gasteiger partial charge is 0.497 e. The van der Waals surface area contributed by atoms with Crippen LogP contribution in [0.15, 0.2) is 41.8 Å². The molecule has 1 aromatic carbocycles. The van der Waals surface area contributed by atoms with E-state index in [0.29, 0.717) is 18.4 Å². The van der Waals surface area contributed by atoms with Gasteiger partial charge >= 0.3 is 0 Å². The maximum atomic E-state index is 13.6. The summed E-state index contributed by atoms with van der Waals surface area (Å²) in [5.41, 5.74) is 7.38. The highest BCUT2D eigenvalue weighted by Gasteiger charge is 2.41. The van der Waals surface area contributed by atoms with Crippen molar-refractivity contribution in [1.82, 2.24) is 0 Å². The topological polar surface area (TPSA) is 55.6 Å². The molecule has 1 heterocycles. The zero-order valence-electron chi connectivity index (χ0n) is 16.3. The Morgan fingerprint density at radius 1 is 1.18 bits per heavy atom. The van der Waals surface area contributed by atoms with Gasteiger partial charge in [0.2, 0.25) is 5.91 Å². The lowest BCUT2D eigenvalue weighted by molar-refractivity contribution is -0.125. The molecule has 2 aromatic rings. The molecule has 2 fully saturated rings. The van der Waals surface area contributed by atoms with Crippen LogP contribution in [0.25, 0.3) is 0 Å². The van der Waals surface area contributed by atoms with Crippen LogP contribution in [0.5, 0.6) is 5.75 Å². The summed E-state index contributed by atoms with van der Waals surface area (Å²) in [5.74, 6) is 2.15. The van der Waals surface area contributed by atoms with E-state index in [4.69, 9.17) is 10.5 Å². The van der Waals surface area contributed by atoms with Crippen LogP contribution in [0.1, 0.15) is 37.0 Å². The third kappa shape index (κ3) is 4.37. The fourth-order valence-electron chi connectivity index (χ4n) is 4.83. The van der Waals surface area contributed by atoms with E-state index in [2.05, 4.69) is 11.4 Å². The number of rotatable bonds is 5. The molecule has 4 nitrogen and oxygen atoms in total. The molecule has 4 rings (SSSR count). The van der Waals surface area contributed by atoms with E-state index in [0.717, 1.165) is 24.3 Å². The lowest BCUT2D eigenvalue weighted by Gasteiger charge is -2.44. The molecule has 2 aliphatic carbocycles. The average molecular weight is 421 g/mol. The van der Waals surface area contributed by atoms with Crippen LogP contribution in [-0.4, -0.2) is 19.1 Å². The highest BCUT2D eigenvalue weighted by atomic mass is 35.5. The van der Waals surface area contributed by atoms with Crippen molar-refractivity contribution in [3.05, 3.63) is 46.7 Å². The lowest BCUT2D eigenvalue weighted by Crippen LogP contribution is -2.49. The number of nitrogens with two attached hydrogens (primary N) is 1. The Balaban J connectivity index is 0.00000225. The minimum Gasteiger partial charge on any atom is -0.497 e. The number of halogens is 1. The van der Waals surface area contributed by atoms with Crippen LogP contribution in [0.4, 0.5) is 5.69 Å². The molecule has 0 spiro atoms. The maximum absolute atomic E-state index is 13.6. The second-order valence-corrected chi connectivity index (χ2v) is 8.93. The number of hydrogen-bond donors (Lipinski definition) is 1. The summed E-state index contributed by atoms with van der Waals surface area (Å²) in [7, 11) is 1.66. The van der Waals surface area contributed by atoms with E-state index in [-0.39, 0.29) is 30.3 Å². The molecule has 0 radical (unpaired) electrons. The first kappa shape index (κ1) is 21.2. The Kier molecular flexibility index (Phi) is 7.02. The Bertz CT molecular complexity index is 751. The van der Waals surface area contributed by atoms with Crippen LogP contribution < -0.4 is 15.4 Å². The van der Waals surface area contributed by atoms with Gasteiger partial charge in [-0.2, -0.15) is 0 Å². The van der Waals surface area contributed by atoms with Crippen LogP contribution in [0, 0.1) is 17.8 Å². The van der Waals surface area contributed by atoms with Crippen molar-refractivity contribution >= 4 is 35.3 Å². The number of fused-ring (bicyclic) bond motifs is 2. The zero-order valence-corrected chi connectivity index (χ0v) is 17.9. The second-order valence-electron chi connectivity index (χ2n) is 7.90. The summed E-state index contributed by atoms with van der Waals surface area (Å²) in [6, 6.07) is 12.3. The number of hydrogen-bond acceptors (Lipinski definition) is 4. The Labute approximate surface area is 177 Å². The lowest BCUT2D eigenvalue weighted by atomic mass is 9.65. The third-order valence-corrected chi connectivity index (χ3v) is 7.17. The van der Waals surface area contributed by atoms with Gasteiger partial charge in [0.1, 0.15) is 5.75 Å². The number of thiophene rings is 1. The Morgan fingerprint density at radius 3 is 2.43 bits per heavy atom. The summed E-state index contributed by atoms with van der Waals surface area (Å²) in [6.45, 7) is 0.626. The van der Waals surface area contributed by atoms with Gasteiger partial charge in [-0.15, -0.1) is 23.7 Å². The Hall–Kier alpha value is -1.56. The van der Waals surface area contributed by atoms with Gasteiger partial charge in [0.05, 0.1) is 13.7 Å². The maximum Gasteiger partial charge on any atom is 0.230 e. The standard InChI is InChI=1S/C22H28N2O2S.ClH/c1-26-19-9-7-18(8-10-19)24(14-20-6-3-11-27-20)22(25)17-12-15-4-2-5-16(13-17)21(15)23;/h3,6-11,15-17,21H,2,4-5,12-14,23H2,1H3;1H. The van der Waals surface area contributed by atoms with Gasteiger partial charge in [0, 0.05) is 22.5 Å². The van der Waals surface area contributed by atoms with E-state index in [9.17, 15) is 4.79 Å². The van der Waals surface area contributed by atoms with Crippen molar-refractivity contribution in [2.45, 2.75) is 44.7 Å². The van der Waals surface area contributed by atoms with Crippen LogP contribution in [0.3, 0.4) is 0 Å². The normalized spacial score (nSPS) is 26.2. The molecule has 6 heteroatoms. The van der Waals surface area contributed by atoms with Gasteiger partial charge in [-0.3, -0.25) is 4.79 Å². The van der Waals surface area contributed by atoms with E-state index < -0.39 is 0 Å². The van der Waals surface area contributed by atoms with Crippen molar-refractivity contribution in [1.29, 1.82) is 0 Å². The Morgan fingerprint density at radius 2 is 1.86 bits per heavy atom. The van der Waals surface area contributed by atoms with Gasteiger partial charge in [-0.25, -0.2) is 0 Å². The van der Waals surface area contributed by atoms with Crippen molar-refractivity contribution in [2.75, 3.05) is 12.0 Å². The molecular weight excluding hydrogens is 392 g/mol. The quantitative estimate of drug-likeness (QED) is 0.750. The minimum absolute atomic E-state index is 0. The molecule has 152 valence electrons. The van der Waals surface area contributed by atoms with Crippen molar-refractivity contribution in [3.63, 3.8) is 0 Å². The summed E-state index contributed by atoms with van der Waals surface area (Å²) >= 11 is 1.70. The fraction of sp³-hybridized carbons (Fsp3) is 0.500. The van der Waals surface area contributed by atoms with Gasteiger partial charge in [-0.1, -0.05) is 12.5 Å². The molecule has 28 heavy (non-hydrogen) atoms. The number of ether oxygens (including phenoxy) is 1. The molecular formula is C22H29ClN2O2S. The van der Waals surface area contributed by atoms with Gasteiger partial charge in [0.25, 0.3) is 0 Å². The van der Waals surface area contributed by atoms with Gasteiger partial charge < -0.3 is 15.4 Å². The van der Waals surface area contributed by atoms with E-state index >= 15 is 0 Å². The molecule has 0 aliphatic heterocycles. The number of carbonyl (C=O) groups is 1. The summed E-state index contributed by atoms with van der Waals surface area (Å²) in [6.07, 6.45) is 5.49. The number of amides is 1. The first-order chi connectivity index (χ1) is 13.2. The number of carbonyl (C=O) groups excluding carboxylic acids is 1. The number of methoxy groups -OCH3 is 1. The number of nitrogens with zero attached hydrogens (tertiary/aromatic N) is 1. The predicted octanol–water partition coefficient (Wildman–Crippen LogP) is 4.87. The first-order valence-corrected chi connectivity index (χ1v) is 10.8. The van der Waals surface area contributed by atoms with E-state index in [1.165, 1.54) is 24.1 Å². The van der Waals surface area contributed by atoms with Crippen LogP contribution >= 0.6 is 23.7 Å². The number of benzene rings is 1. The van der Waals surface area contributed by atoms with Crippen molar-refractivity contribution < 1.29 is 9.53 Å². The molecule has 2 unspecified atom stereocenters. The smallest absolute Gasteiger partial charge is 0.230 e.